The monoisotopic (exact) mass is 128 g/mol. The van der Waals surface area contributed by atoms with Gasteiger partial charge in [0.05, 0.1) is 0 Å². The first kappa shape index (κ1) is 6.94. The zero-order valence-electron chi connectivity index (χ0n) is 5.54. The van der Waals surface area contributed by atoms with Gasteiger partial charge in [0.1, 0.15) is 0 Å². The fourth-order valence-corrected chi connectivity index (χ4v) is 0.794. The Bertz CT molecular complexity index is 228. The Balaban J connectivity index is 3.20. The third kappa shape index (κ3) is 1.21. The van der Waals surface area contributed by atoms with E-state index in [9.17, 15) is 0 Å². The molecule has 1 N–H and O–H groups in total. The third-order valence-corrected chi connectivity index (χ3v) is 1.33. The first-order valence-electron chi connectivity index (χ1n) is 3.03. The molecule has 47 valence electrons. The average molecular weight is 128 g/mol. The second kappa shape index (κ2) is 3.11. The molecule has 0 spiro atoms. The quantitative estimate of drug-likeness (QED) is 0.453. The normalized spacial score (nSPS) is 8.70. The number of hydrogen-bond acceptors (Lipinski definition) is 1. The van der Waals surface area contributed by atoms with E-state index in [1.54, 1.807) is 0 Å². The van der Waals surface area contributed by atoms with Gasteiger partial charge in [-0.1, -0.05) is 0 Å². The molecular formula is C8H7BN. The van der Waals surface area contributed by atoms with E-state index >= 15 is 0 Å². The molecule has 0 aliphatic carbocycles. The van der Waals surface area contributed by atoms with Crippen LogP contribution in [0.1, 0.15) is 11.1 Å². The van der Waals surface area contributed by atoms with Crippen molar-refractivity contribution in [1.29, 1.82) is 5.41 Å². The maximum atomic E-state index is 6.99. The predicted octanol–water partition coefficient (Wildman–Crippen LogP) is 1.00. The van der Waals surface area contributed by atoms with Gasteiger partial charge in [-0.2, -0.15) is 0 Å². The Morgan fingerprint density at radius 1 is 1.20 bits per heavy atom. The topological polar surface area (TPSA) is 23.9 Å². The molecule has 0 saturated carbocycles. The Hall–Kier alpha value is -1.18. The van der Waals surface area contributed by atoms with Crippen molar-refractivity contribution in [2.45, 2.75) is 0 Å². The van der Waals surface area contributed by atoms with Crippen LogP contribution in [-0.4, -0.2) is 19.7 Å². The van der Waals surface area contributed by atoms with Gasteiger partial charge in [-0.15, -0.1) is 0 Å². The van der Waals surface area contributed by atoms with Crippen LogP contribution in [0, 0.1) is 5.41 Å². The summed E-state index contributed by atoms with van der Waals surface area (Å²) in [5.41, 5.74) is 1.75. The maximum absolute atomic E-state index is 6.99. The molecule has 0 amide bonds. The first-order chi connectivity index (χ1) is 4.88. The van der Waals surface area contributed by atoms with Crippen molar-refractivity contribution in [3.8, 4) is 0 Å². The van der Waals surface area contributed by atoms with Gasteiger partial charge in [0.15, 0.2) is 0 Å². The first-order valence-corrected chi connectivity index (χ1v) is 3.03. The molecule has 1 radical (unpaired) electrons. The minimum atomic E-state index is 0.852. The molecule has 2 heteroatoms. The molecule has 1 nitrogen and oxygen atoms in total. The molecule has 1 aromatic rings. The Kier molecular flexibility index (Phi) is 2.16. The average Bonchev–Trinajstić information content (AvgIpc) is 2.04. The third-order valence-electron chi connectivity index (χ3n) is 1.33. The number of nitrogens with one attached hydrogen (secondary N) is 1. The van der Waals surface area contributed by atoms with Gasteiger partial charge in [-0.25, -0.2) is 0 Å². The summed E-state index contributed by atoms with van der Waals surface area (Å²) in [6, 6.07) is 7.51. The van der Waals surface area contributed by atoms with Crippen LogP contribution in [0.4, 0.5) is 0 Å². The second-order valence-electron chi connectivity index (χ2n) is 1.94. The van der Waals surface area contributed by atoms with Crippen LogP contribution in [0.3, 0.4) is 0 Å². The molecule has 0 aromatic heterocycles. The SMILES string of the molecule is [B]=Cc1ccccc1C=N. The summed E-state index contributed by atoms with van der Waals surface area (Å²) in [7, 11) is 5.30. The second-order valence-corrected chi connectivity index (χ2v) is 1.94. The molecule has 0 heterocycles. The van der Waals surface area contributed by atoms with E-state index in [-0.39, 0.29) is 0 Å². The molecule has 0 atom stereocenters. The molecule has 0 unspecified atom stereocenters. The summed E-state index contributed by atoms with van der Waals surface area (Å²) in [4.78, 5) is 0. The molecule has 0 aliphatic heterocycles. The zero-order chi connectivity index (χ0) is 7.40. The Labute approximate surface area is 61.3 Å². The predicted molar refractivity (Wildman–Crippen MR) is 45.2 cm³/mol. The van der Waals surface area contributed by atoms with Crippen LogP contribution in [-0.2, 0) is 0 Å². The van der Waals surface area contributed by atoms with Crippen molar-refractivity contribution in [2.75, 3.05) is 0 Å². The van der Waals surface area contributed by atoms with Crippen molar-refractivity contribution in [2.24, 2.45) is 0 Å². The summed E-state index contributed by atoms with van der Waals surface area (Å²) < 4.78 is 0. The molecule has 1 aromatic carbocycles. The van der Waals surface area contributed by atoms with Gasteiger partial charge in [-0.05, 0) is 0 Å². The van der Waals surface area contributed by atoms with Crippen LogP contribution in [0.25, 0.3) is 0 Å². The summed E-state index contributed by atoms with van der Waals surface area (Å²) in [6.45, 7) is 0. The van der Waals surface area contributed by atoms with Gasteiger partial charge in [-0.3, -0.25) is 0 Å². The van der Waals surface area contributed by atoms with E-state index < -0.39 is 0 Å². The summed E-state index contributed by atoms with van der Waals surface area (Å²) in [5.74, 6) is 1.50. The Morgan fingerprint density at radius 2 is 1.80 bits per heavy atom. The van der Waals surface area contributed by atoms with Crippen LogP contribution >= 0.6 is 0 Å². The van der Waals surface area contributed by atoms with Crippen molar-refractivity contribution in [3.63, 3.8) is 0 Å². The van der Waals surface area contributed by atoms with Crippen LogP contribution in [0.15, 0.2) is 24.3 Å². The van der Waals surface area contributed by atoms with Gasteiger partial charge >= 0.3 is 60.5 Å². The zero-order valence-corrected chi connectivity index (χ0v) is 5.54. The summed E-state index contributed by atoms with van der Waals surface area (Å²) in [5, 5.41) is 6.99. The molecule has 0 bridgehead atoms. The van der Waals surface area contributed by atoms with Crippen LogP contribution < -0.4 is 0 Å². The summed E-state index contributed by atoms with van der Waals surface area (Å²) in [6.07, 6.45) is 1.29. The fraction of sp³-hybridized carbons (Fsp3) is 0. The van der Waals surface area contributed by atoms with E-state index in [0.717, 1.165) is 11.1 Å². The van der Waals surface area contributed by atoms with Crippen LogP contribution in [0.2, 0.25) is 0 Å². The van der Waals surface area contributed by atoms with Gasteiger partial charge in [0.25, 0.3) is 0 Å². The van der Waals surface area contributed by atoms with E-state index in [1.165, 1.54) is 12.2 Å². The Morgan fingerprint density at radius 3 is 2.20 bits per heavy atom. The standard InChI is InChI=1S/C8H7BN/c9-5-7-3-1-2-4-8(7)6-10/h1-6,10H. The van der Waals surface area contributed by atoms with Gasteiger partial charge < -0.3 is 0 Å². The molecular weight excluding hydrogens is 121 g/mol. The van der Waals surface area contributed by atoms with E-state index in [2.05, 4.69) is 0 Å². The number of hydrogen-bond donors (Lipinski definition) is 1. The van der Waals surface area contributed by atoms with Crippen molar-refractivity contribution < 1.29 is 0 Å². The van der Waals surface area contributed by atoms with Gasteiger partial charge in [0, 0.05) is 0 Å². The van der Waals surface area contributed by atoms with E-state index in [0.29, 0.717) is 0 Å². The number of rotatable bonds is 2. The number of benzene rings is 1. The van der Waals surface area contributed by atoms with Crippen LogP contribution in [0.5, 0.6) is 0 Å². The molecule has 0 aliphatic rings. The van der Waals surface area contributed by atoms with E-state index in [4.69, 9.17) is 12.9 Å². The van der Waals surface area contributed by atoms with Crippen molar-refractivity contribution >= 4 is 19.7 Å². The molecule has 0 saturated heterocycles. The molecule has 0 fully saturated rings. The van der Waals surface area contributed by atoms with E-state index in [1.807, 2.05) is 24.3 Å². The minimum absolute atomic E-state index is 0.852. The van der Waals surface area contributed by atoms with Crippen molar-refractivity contribution in [1.82, 2.24) is 0 Å². The molecule has 1 rings (SSSR count). The van der Waals surface area contributed by atoms with Gasteiger partial charge in [0.2, 0.25) is 0 Å². The van der Waals surface area contributed by atoms with Crippen molar-refractivity contribution in [3.05, 3.63) is 35.4 Å². The summed E-state index contributed by atoms with van der Waals surface area (Å²) >= 11 is 0. The fourth-order valence-electron chi connectivity index (χ4n) is 0.794. The molecule has 10 heavy (non-hydrogen) atoms.